The van der Waals surface area contributed by atoms with E-state index in [1.807, 2.05) is 0 Å². The second-order valence-corrected chi connectivity index (χ2v) is 6.33. The molecule has 1 N–H and O–H groups in total. The summed E-state index contributed by atoms with van der Waals surface area (Å²) < 4.78 is 24.3. The first-order chi connectivity index (χ1) is 12.6. The summed E-state index contributed by atoms with van der Waals surface area (Å²) in [6, 6.07) is 8.96. The van der Waals surface area contributed by atoms with Crippen LogP contribution in [0.1, 0.15) is 23.3 Å². The molecule has 7 nitrogen and oxygen atoms in total. The van der Waals surface area contributed by atoms with Crippen molar-refractivity contribution in [2.75, 3.05) is 36.5 Å². The van der Waals surface area contributed by atoms with Crippen molar-refractivity contribution >= 4 is 17.4 Å². The molecule has 2 aliphatic rings. The Morgan fingerprint density at radius 3 is 2.35 bits per heavy atom. The van der Waals surface area contributed by atoms with E-state index in [-0.39, 0.29) is 17.4 Å². The second-order valence-electron chi connectivity index (χ2n) is 6.33. The average molecular weight is 358 g/mol. The van der Waals surface area contributed by atoms with Crippen LogP contribution in [-0.4, -0.2) is 48.2 Å². The van der Waals surface area contributed by atoms with E-state index < -0.39 is 5.79 Å². The lowest BCUT2D eigenvalue weighted by atomic mass is 10.0. The van der Waals surface area contributed by atoms with Gasteiger partial charge in [-0.2, -0.15) is 0 Å². The number of carbonyl (C=O) groups is 1. The Morgan fingerprint density at radius 2 is 1.73 bits per heavy atom. The maximum Gasteiger partial charge on any atom is 0.276 e. The number of carbonyl (C=O) groups excluding carboxylic acids is 1. The molecular weight excluding hydrogens is 339 g/mol. The fourth-order valence-electron chi connectivity index (χ4n) is 3.21. The van der Waals surface area contributed by atoms with Crippen molar-refractivity contribution < 1.29 is 18.7 Å². The van der Waals surface area contributed by atoms with Crippen molar-refractivity contribution in [2.24, 2.45) is 0 Å². The molecule has 2 saturated heterocycles. The molecule has 1 spiro atoms. The molecule has 2 aliphatic heterocycles. The highest BCUT2D eigenvalue weighted by molar-refractivity contribution is 6.02. The lowest BCUT2D eigenvalue weighted by Gasteiger charge is -2.37. The average Bonchev–Trinajstić information content (AvgIpc) is 3.12. The van der Waals surface area contributed by atoms with Gasteiger partial charge in [-0.05, 0) is 36.4 Å². The monoisotopic (exact) mass is 358 g/mol. The summed E-state index contributed by atoms with van der Waals surface area (Å²) in [6.07, 6.45) is 1.56. The van der Waals surface area contributed by atoms with E-state index in [9.17, 15) is 9.18 Å². The fraction of sp³-hybridized carbons (Fsp3) is 0.389. The highest BCUT2D eigenvalue weighted by Gasteiger charge is 2.40. The zero-order valence-corrected chi connectivity index (χ0v) is 14.2. The zero-order valence-electron chi connectivity index (χ0n) is 14.2. The van der Waals surface area contributed by atoms with Crippen LogP contribution in [0.5, 0.6) is 0 Å². The number of hydrogen-bond donors (Lipinski definition) is 1. The third kappa shape index (κ3) is 3.51. The Hall–Kier alpha value is -2.58. The molecule has 8 heteroatoms. The van der Waals surface area contributed by atoms with Gasteiger partial charge in [0.05, 0.1) is 13.2 Å². The molecule has 0 atom stereocenters. The summed E-state index contributed by atoms with van der Waals surface area (Å²) in [5, 5.41) is 10.8. The SMILES string of the molecule is O=C(Nc1ccc(F)cc1)c1ccc(N2CCC3(CC2)OCCO3)nn1. The van der Waals surface area contributed by atoms with Crippen LogP contribution in [0.15, 0.2) is 36.4 Å². The fourth-order valence-corrected chi connectivity index (χ4v) is 3.21. The summed E-state index contributed by atoms with van der Waals surface area (Å²) in [6.45, 7) is 2.82. The topological polar surface area (TPSA) is 76.6 Å². The first-order valence-electron chi connectivity index (χ1n) is 8.57. The normalized spacial score (nSPS) is 18.9. The maximum absolute atomic E-state index is 12.9. The first-order valence-corrected chi connectivity index (χ1v) is 8.57. The largest absolute Gasteiger partial charge is 0.355 e. The van der Waals surface area contributed by atoms with Gasteiger partial charge in [0.1, 0.15) is 5.82 Å². The van der Waals surface area contributed by atoms with Gasteiger partial charge in [-0.25, -0.2) is 4.39 Å². The number of rotatable bonds is 3. The van der Waals surface area contributed by atoms with Crippen LogP contribution in [0.2, 0.25) is 0 Å². The molecule has 1 aromatic heterocycles. The van der Waals surface area contributed by atoms with Crippen LogP contribution in [0.25, 0.3) is 0 Å². The minimum atomic E-state index is -0.432. The lowest BCUT2D eigenvalue weighted by Crippen LogP contribution is -2.45. The van der Waals surface area contributed by atoms with E-state index in [0.29, 0.717) is 18.9 Å². The van der Waals surface area contributed by atoms with E-state index in [2.05, 4.69) is 20.4 Å². The van der Waals surface area contributed by atoms with Gasteiger partial charge in [-0.3, -0.25) is 4.79 Å². The summed E-state index contributed by atoms with van der Waals surface area (Å²) >= 11 is 0. The standard InChI is InChI=1S/C18H19FN4O3/c19-13-1-3-14(4-2-13)20-17(24)15-5-6-16(22-21-15)23-9-7-18(8-10-23)25-11-12-26-18/h1-6H,7-12H2,(H,20,24). The molecule has 26 heavy (non-hydrogen) atoms. The van der Waals surface area contributed by atoms with Gasteiger partial charge in [0.2, 0.25) is 0 Å². The zero-order chi connectivity index (χ0) is 18.0. The predicted molar refractivity (Wildman–Crippen MR) is 92.5 cm³/mol. The van der Waals surface area contributed by atoms with Crippen LogP contribution in [0, 0.1) is 5.82 Å². The lowest BCUT2D eigenvalue weighted by molar-refractivity contribution is -0.169. The van der Waals surface area contributed by atoms with Crippen molar-refractivity contribution in [2.45, 2.75) is 18.6 Å². The minimum absolute atomic E-state index is 0.203. The Kier molecular flexibility index (Phi) is 4.52. The predicted octanol–water partition coefficient (Wildman–Crippen LogP) is 2.21. The minimum Gasteiger partial charge on any atom is -0.355 e. The number of nitrogens with zero attached hydrogens (tertiary/aromatic N) is 3. The third-order valence-corrected chi connectivity index (χ3v) is 4.65. The number of piperidine rings is 1. The second kappa shape index (κ2) is 6.97. The summed E-state index contributed by atoms with van der Waals surface area (Å²) in [5.74, 6) is -0.458. The molecule has 0 radical (unpaired) electrons. The van der Waals surface area contributed by atoms with Gasteiger partial charge in [-0.15, -0.1) is 10.2 Å². The van der Waals surface area contributed by atoms with Crippen LogP contribution in [0.4, 0.5) is 15.9 Å². The van der Waals surface area contributed by atoms with Crippen molar-refractivity contribution in [1.82, 2.24) is 10.2 Å². The number of benzene rings is 1. The molecular formula is C18H19FN4O3. The van der Waals surface area contributed by atoms with Gasteiger partial charge in [0.25, 0.3) is 5.91 Å². The van der Waals surface area contributed by atoms with Crippen molar-refractivity contribution in [1.29, 1.82) is 0 Å². The molecule has 1 aromatic carbocycles. The summed E-state index contributed by atoms with van der Waals surface area (Å²) in [7, 11) is 0. The van der Waals surface area contributed by atoms with Gasteiger partial charge >= 0.3 is 0 Å². The molecule has 1 amide bonds. The Morgan fingerprint density at radius 1 is 1.04 bits per heavy atom. The van der Waals surface area contributed by atoms with E-state index in [1.54, 1.807) is 12.1 Å². The summed E-state index contributed by atoms with van der Waals surface area (Å²) in [4.78, 5) is 14.3. The molecule has 3 heterocycles. The van der Waals surface area contributed by atoms with E-state index in [1.165, 1.54) is 24.3 Å². The van der Waals surface area contributed by atoms with E-state index in [4.69, 9.17) is 9.47 Å². The number of amides is 1. The first kappa shape index (κ1) is 16.9. The molecule has 4 rings (SSSR count). The van der Waals surface area contributed by atoms with Crippen LogP contribution in [0.3, 0.4) is 0 Å². The molecule has 0 saturated carbocycles. The highest BCUT2D eigenvalue weighted by atomic mass is 19.1. The van der Waals surface area contributed by atoms with Crippen molar-refractivity contribution in [3.05, 3.63) is 47.9 Å². The molecule has 2 fully saturated rings. The van der Waals surface area contributed by atoms with E-state index in [0.717, 1.165) is 31.7 Å². The maximum atomic E-state index is 12.9. The number of hydrogen-bond acceptors (Lipinski definition) is 6. The van der Waals surface area contributed by atoms with Crippen molar-refractivity contribution in [3.8, 4) is 0 Å². The molecule has 0 bridgehead atoms. The number of ether oxygens (including phenoxy) is 2. The van der Waals surface area contributed by atoms with Gasteiger partial charge in [0, 0.05) is 31.6 Å². The quantitative estimate of drug-likeness (QED) is 0.907. The molecule has 2 aromatic rings. The highest BCUT2D eigenvalue weighted by Crippen LogP contribution is 2.32. The summed E-state index contributed by atoms with van der Waals surface area (Å²) in [5.41, 5.74) is 0.703. The molecule has 0 aliphatic carbocycles. The number of anilines is 2. The Balaban J connectivity index is 1.37. The van der Waals surface area contributed by atoms with E-state index >= 15 is 0 Å². The van der Waals surface area contributed by atoms with Gasteiger partial charge in [-0.1, -0.05) is 0 Å². The van der Waals surface area contributed by atoms with Crippen LogP contribution in [-0.2, 0) is 9.47 Å². The van der Waals surface area contributed by atoms with Crippen LogP contribution < -0.4 is 10.2 Å². The van der Waals surface area contributed by atoms with Crippen LogP contribution >= 0.6 is 0 Å². The Labute approximate surface area is 150 Å². The smallest absolute Gasteiger partial charge is 0.276 e. The number of nitrogens with one attached hydrogen (secondary N) is 1. The van der Waals surface area contributed by atoms with Gasteiger partial charge in [0.15, 0.2) is 17.3 Å². The van der Waals surface area contributed by atoms with Gasteiger partial charge < -0.3 is 19.7 Å². The number of halogens is 1. The molecule has 0 unspecified atom stereocenters. The van der Waals surface area contributed by atoms with Crippen molar-refractivity contribution in [3.63, 3.8) is 0 Å². The third-order valence-electron chi connectivity index (χ3n) is 4.65. The molecule has 136 valence electrons. The Bertz CT molecular complexity index is 766. The number of aromatic nitrogens is 2.